The third kappa shape index (κ3) is 9.35. The van der Waals surface area contributed by atoms with Crippen LogP contribution >= 0.6 is 0 Å². The number of ether oxygens (including phenoxy) is 2. The molecule has 10 heteroatoms. The second kappa shape index (κ2) is 14.9. The Bertz CT molecular complexity index is 1110. The van der Waals surface area contributed by atoms with Gasteiger partial charge in [-0.15, -0.1) is 0 Å². The minimum atomic E-state index is -0.433. The highest BCUT2D eigenvalue weighted by Crippen LogP contribution is 2.28. The predicted molar refractivity (Wildman–Crippen MR) is 143 cm³/mol. The van der Waals surface area contributed by atoms with Gasteiger partial charge in [-0.05, 0) is 73.2 Å². The number of fused-ring (bicyclic) bond motifs is 3. The van der Waals surface area contributed by atoms with Gasteiger partial charge in [0.15, 0.2) is 0 Å². The van der Waals surface area contributed by atoms with Crippen molar-refractivity contribution in [1.82, 2.24) is 16.1 Å². The fourth-order valence-electron chi connectivity index (χ4n) is 4.35. The van der Waals surface area contributed by atoms with Gasteiger partial charge in [-0.2, -0.15) is 0 Å². The molecule has 38 heavy (non-hydrogen) atoms. The van der Waals surface area contributed by atoms with Crippen LogP contribution in [-0.2, 0) is 34.0 Å². The molecule has 1 atom stereocenters. The van der Waals surface area contributed by atoms with Crippen molar-refractivity contribution in [2.75, 3.05) is 19.0 Å². The zero-order valence-electron chi connectivity index (χ0n) is 22.1. The standard InChI is InChI=1S/C28H38N4O6/c1-19(33)30-17-21-10-11-26-25(16-21)31-28(35)24(8-4-3-5-9-27(34)32-36)29-12-6-7-20-13-22(18-38-26)15-23(14-20)37-2/h10-11,13-16,24,29,36H,3-9,12,17-18H2,1-2H3,(H,30,33)(H,31,35)(H,32,34). The lowest BCUT2D eigenvalue weighted by Gasteiger charge is -2.21. The van der Waals surface area contributed by atoms with Gasteiger partial charge in [0.05, 0.1) is 18.8 Å². The number of anilines is 1. The number of nitrogens with one attached hydrogen (secondary N) is 4. The Morgan fingerprint density at radius 1 is 1.13 bits per heavy atom. The molecule has 0 fully saturated rings. The number of hydrogen-bond acceptors (Lipinski definition) is 7. The molecule has 5 N–H and O–H groups in total. The smallest absolute Gasteiger partial charge is 0.243 e. The molecule has 1 aliphatic rings. The van der Waals surface area contributed by atoms with E-state index >= 15 is 0 Å². The summed E-state index contributed by atoms with van der Waals surface area (Å²) in [5.74, 6) is 0.580. The van der Waals surface area contributed by atoms with E-state index < -0.39 is 11.9 Å². The third-order valence-electron chi connectivity index (χ3n) is 6.37. The Balaban J connectivity index is 1.81. The molecular formula is C28H38N4O6. The van der Waals surface area contributed by atoms with Crippen LogP contribution in [0.2, 0.25) is 0 Å². The molecule has 3 amide bonds. The first-order chi connectivity index (χ1) is 18.4. The summed E-state index contributed by atoms with van der Waals surface area (Å²) >= 11 is 0. The summed E-state index contributed by atoms with van der Waals surface area (Å²) in [5.41, 5.74) is 5.11. The highest BCUT2D eigenvalue weighted by atomic mass is 16.5. The summed E-state index contributed by atoms with van der Waals surface area (Å²) in [4.78, 5) is 36.0. The molecule has 1 aliphatic heterocycles. The fourth-order valence-corrected chi connectivity index (χ4v) is 4.35. The predicted octanol–water partition coefficient (Wildman–Crippen LogP) is 3.21. The number of carbonyl (C=O) groups is 3. The summed E-state index contributed by atoms with van der Waals surface area (Å²) in [7, 11) is 1.64. The number of benzene rings is 2. The highest BCUT2D eigenvalue weighted by Gasteiger charge is 2.20. The third-order valence-corrected chi connectivity index (χ3v) is 6.37. The van der Waals surface area contributed by atoms with Crippen LogP contribution in [0.3, 0.4) is 0 Å². The highest BCUT2D eigenvalue weighted by molar-refractivity contribution is 5.96. The Kier molecular flexibility index (Phi) is 11.4. The lowest BCUT2D eigenvalue weighted by Crippen LogP contribution is -2.41. The minimum Gasteiger partial charge on any atom is -0.497 e. The van der Waals surface area contributed by atoms with Crippen molar-refractivity contribution in [2.24, 2.45) is 0 Å². The Labute approximate surface area is 223 Å². The van der Waals surface area contributed by atoms with Crippen LogP contribution in [0.5, 0.6) is 11.5 Å². The SMILES string of the molecule is COc1cc2cc(c1)COc1ccc(CNC(C)=O)cc1NC(=O)C(CCCCCC(=O)NO)NCCC2. The first kappa shape index (κ1) is 28.9. The molecule has 2 bridgehead atoms. The molecule has 0 saturated heterocycles. The van der Waals surface area contributed by atoms with E-state index in [4.69, 9.17) is 14.7 Å². The topological polar surface area (TPSA) is 138 Å². The second-order valence-electron chi connectivity index (χ2n) is 9.45. The zero-order valence-corrected chi connectivity index (χ0v) is 22.1. The van der Waals surface area contributed by atoms with Crippen molar-refractivity contribution in [3.8, 4) is 11.5 Å². The van der Waals surface area contributed by atoms with Crippen LogP contribution < -0.4 is 30.9 Å². The van der Waals surface area contributed by atoms with Gasteiger partial charge in [-0.3, -0.25) is 19.6 Å². The fraction of sp³-hybridized carbons (Fsp3) is 0.464. The Hall–Kier alpha value is -3.63. The van der Waals surface area contributed by atoms with Crippen LogP contribution in [0.1, 0.15) is 62.1 Å². The molecular weight excluding hydrogens is 488 g/mol. The normalized spacial score (nSPS) is 15.8. The number of hydroxylamine groups is 1. The molecule has 0 saturated carbocycles. The Morgan fingerprint density at radius 2 is 1.95 bits per heavy atom. The lowest BCUT2D eigenvalue weighted by molar-refractivity contribution is -0.129. The summed E-state index contributed by atoms with van der Waals surface area (Å²) in [6, 6.07) is 11.1. The molecule has 10 nitrogen and oxygen atoms in total. The van der Waals surface area contributed by atoms with E-state index in [1.165, 1.54) is 6.92 Å². The maximum absolute atomic E-state index is 13.4. The number of aryl methyl sites for hydroxylation is 1. The quantitative estimate of drug-likeness (QED) is 0.192. The summed E-state index contributed by atoms with van der Waals surface area (Å²) in [5, 5.41) is 17.9. The molecule has 0 spiro atoms. The van der Waals surface area contributed by atoms with E-state index in [9.17, 15) is 14.4 Å². The van der Waals surface area contributed by atoms with Crippen molar-refractivity contribution in [3.63, 3.8) is 0 Å². The summed E-state index contributed by atoms with van der Waals surface area (Å²) in [6.07, 6.45) is 4.63. The molecule has 206 valence electrons. The van der Waals surface area contributed by atoms with Crippen molar-refractivity contribution < 1.29 is 29.1 Å². The van der Waals surface area contributed by atoms with Gasteiger partial charge < -0.3 is 25.4 Å². The molecule has 2 aromatic rings. The van der Waals surface area contributed by atoms with Crippen LogP contribution in [-0.4, -0.2) is 42.6 Å². The summed E-state index contributed by atoms with van der Waals surface area (Å²) in [6.45, 7) is 2.75. The number of amides is 3. The van der Waals surface area contributed by atoms with E-state index in [2.05, 4.69) is 22.0 Å². The summed E-state index contributed by atoms with van der Waals surface area (Å²) < 4.78 is 11.6. The Morgan fingerprint density at radius 3 is 2.71 bits per heavy atom. The molecule has 0 aliphatic carbocycles. The van der Waals surface area contributed by atoms with Crippen molar-refractivity contribution in [3.05, 3.63) is 53.1 Å². The van der Waals surface area contributed by atoms with Gasteiger partial charge in [0.1, 0.15) is 18.1 Å². The molecule has 2 aromatic carbocycles. The van der Waals surface area contributed by atoms with Crippen LogP contribution in [0.25, 0.3) is 0 Å². The van der Waals surface area contributed by atoms with Crippen molar-refractivity contribution in [1.29, 1.82) is 0 Å². The number of carbonyl (C=O) groups excluding carboxylic acids is 3. The molecule has 1 unspecified atom stereocenters. The monoisotopic (exact) mass is 526 g/mol. The van der Waals surface area contributed by atoms with E-state index in [1.54, 1.807) is 18.7 Å². The van der Waals surface area contributed by atoms with Gasteiger partial charge >= 0.3 is 0 Å². The van der Waals surface area contributed by atoms with E-state index in [-0.39, 0.29) is 18.2 Å². The molecule has 3 rings (SSSR count). The molecule has 0 radical (unpaired) electrons. The van der Waals surface area contributed by atoms with E-state index in [0.29, 0.717) is 44.0 Å². The minimum absolute atomic E-state index is 0.139. The number of hydrogen-bond donors (Lipinski definition) is 5. The molecule has 0 aromatic heterocycles. The van der Waals surface area contributed by atoms with Gasteiger partial charge in [0, 0.05) is 19.9 Å². The maximum Gasteiger partial charge on any atom is 0.243 e. The first-order valence-corrected chi connectivity index (χ1v) is 13.0. The molecule has 1 heterocycles. The van der Waals surface area contributed by atoms with E-state index in [1.807, 2.05) is 24.3 Å². The van der Waals surface area contributed by atoms with Gasteiger partial charge in [-0.1, -0.05) is 25.0 Å². The average molecular weight is 527 g/mol. The number of methoxy groups -OCH3 is 1. The van der Waals surface area contributed by atoms with Gasteiger partial charge in [0.25, 0.3) is 0 Å². The number of rotatable bonds is 9. The van der Waals surface area contributed by atoms with Crippen LogP contribution in [0.15, 0.2) is 36.4 Å². The zero-order chi connectivity index (χ0) is 27.3. The lowest BCUT2D eigenvalue weighted by atomic mass is 10.0. The van der Waals surface area contributed by atoms with Crippen molar-refractivity contribution >= 4 is 23.4 Å². The largest absolute Gasteiger partial charge is 0.497 e. The van der Waals surface area contributed by atoms with Crippen LogP contribution in [0, 0.1) is 0 Å². The maximum atomic E-state index is 13.4. The second-order valence-corrected chi connectivity index (χ2v) is 9.45. The van der Waals surface area contributed by atoms with Gasteiger partial charge in [-0.25, -0.2) is 5.48 Å². The van der Waals surface area contributed by atoms with Crippen LogP contribution in [0.4, 0.5) is 5.69 Å². The first-order valence-electron chi connectivity index (χ1n) is 13.0. The van der Waals surface area contributed by atoms with Crippen molar-refractivity contribution in [2.45, 2.75) is 71.1 Å². The van der Waals surface area contributed by atoms with E-state index in [0.717, 1.165) is 48.1 Å². The number of unbranched alkanes of at least 4 members (excludes halogenated alkanes) is 2. The van der Waals surface area contributed by atoms with Gasteiger partial charge in [0.2, 0.25) is 17.7 Å². The average Bonchev–Trinajstić information content (AvgIpc) is 2.91.